The maximum absolute atomic E-state index is 11.8. The summed E-state index contributed by atoms with van der Waals surface area (Å²) in [5.74, 6) is -0.929. The zero-order valence-corrected chi connectivity index (χ0v) is 11.8. The van der Waals surface area contributed by atoms with Gasteiger partial charge in [-0.2, -0.15) is 5.26 Å². The fraction of sp³-hybridized carbons (Fsp3) is 0.867. The minimum atomic E-state index is -1.14. The lowest BCUT2D eigenvalue weighted by molar-refractivity contribution is -0.181. The molecule has 1 saturated carbocycles. The molecule has 0 aromatic rings. The summed E-state index contributed by atoms with van der Waals surface area (Å²) in [6.45, 7) is 2.09. The number of unbranched alkanes of at least 4 members (excludes halogenated alkanes) is 2. The van der Waals surface area contributed by atoms with E-state index >= 15 is 0 Å². The van der Waals surface area contributed by atoms with Crippen molar-refractivity contribution in [1.29, 1.82) is 5.26 Å². The van der Waals surface area contributed by atoms with E-state index in [2.05, 4.69) is 6.92 Å². The minimum absolute atomic E-state index is 0.197. The van der Waals surface area contributed by atoms with E-state index in [1.807, 2.05) is 6.07 Å². The topological polar surface area (TPSA) is 81.3 Å². The van der Waals surface area contributed by atoms with Crippen molar-refractivity contribution in [1.82, 2.24) is 0 Å². The molecule has 1 aliphatic carbocycles. The molecule has 108 valence electrons. The Balaban J connectivity index is 2.93. The Labute approximate surface area is 115 Å². The molecule has 0 spiro atoms. The Morgan fingerprint density at radius 2 is 1.95 bits per heavy atom. The van der Waals surface area contributed by atoms with Crippen molar-refractivity contribution in [3.8, 4) is 6.07 Å². The standard InChI is InChI=1S/C15H25NO3/c1-2-3-4-10-15(19)11-6-5-8-14(15,13(17)18)9-7-12-16/h19H,2-11H2,1H3,(H,17,18). The van der Waals surface area contributed by atoms with E-state index in [0.717, 1.165) is 32.1 Å². The van der Waals surface area contributed by atoms with E-state index in [0.29, 0.717) is 19.3 Å². The number of carbonyl (C=O) groups is 1. The fourth-order valence-electron chi connectivity index (χ4n) is 3.39. The summed E-state index contributed by atoms with van der Waals surface area (Å²) in [6, 6.07) is 2.03. The molecule has 1 fully saturated rings. The van der Waals surface area contributed by atoms with Crippen LogP contribution in [0.3, 0.4) is 0 Å². The number of nitriles is 1. The molecule has 2 unspecified atom stereocenters. The molecule has 0 aromatic heterocycles. The lowest BCUT2D eigenvalue weighted by Gasteiger charge is -2.48. The molecule has 0 heterocycles. The first-order valence-electron chi connectivity index (χ1n) is 7.35. The molecule has 0 saturated heterocycles. The van der Waals surface area contributed by atoms with Gasteiger partial charge in [0.25, 0.3) is 0 Å². The molecule has 4 nitrogen and oxygen atoms in total. The van der Waals surface area contributed by atoms with Crippen LogP contribution >= 0.6 is 0 Å². The number of nitrogens with zero attached hydrogens (tertiary/aromatic N) is 1. The van der Waals surface area contributed by atoms with E-state index in [4.69, 9.17) is 5.26 Å². The Kier molecular flexibility index (Phi) is 5.81. The number of carboxylic acids is 1. The third kappa shape index (κ3) is 3.27. The summed E-state index contributed by atoms with van der Waals surface area (Å²) in [6.07, 6.45) is 6.67. The number of aliphatic carboxylic acids is 1. The van der Waals surface area contributed by atoms with E-state index in [-0.39, 0.29) is 12.8 Å². The van der Waals surface area contributed by atoms with Crippen LogP contribution in [-0.2, 0) is 4.79 Å². The van der Waals surface area contributed by atoms with E-state index in [1.54, 1.807) is 0 Å². The predicted octanol–water partition coefficient (Wildman–Crippen LogP) is 3.25. The molecule has 1 aliphatic rings. The smallest absolute Gasteiger partial charge is 0.312 e. The predicted molar refractivity (Wildman–Crippen MR) is 72.5 cm³/mol. The van der Waals surface area contributed by atoms with Crippen LogP contribution in [0.25, 0.3) is 0 Å². The van der Waals surface area contributed by atoms with Gasteiger partial charge in [-0.1, -0.05) is 39.0 Å². The average Bonchev–Trinajstić information content (AvgIpc) is 2.38. The minimum Gasteiger partial charge on any atom is -0.481 e. The molecule has 2 atom stereocenters. The van der Waals surface area contributed by atoms with Crippen LogP contribution in [-0.4, -0.2) is 21.8 Å². The van der Waals surface area contributed by atoms with Gasteiger partial charge in [-0.15, -0.1) is 0 Å². The molecule has 1 rings (SSSR count). The Morgan fingerprint density at radius 3 is 2.53 bits per heavy atom. The lowest BCUT2D eigenvalue weighted by atomic mass is 9.59. The van der Waals surface area contributed by atoms with Crippen LogP contribution in [0.15, 0.2) is 0 Å². The normalized spacial score (nSPS) is 30.8. The van der Waals surface area contributed by atoms with Crippen molar-refractivity contribution < 1.29 is 15.0 Å². The van der Waals surface area contributed by atoms with Crippen molar-refractivity contribution in [3.05, 3.63) is 0 Å². The molecule has 0 aliphatic heterocycles. The maximum atomic E-state index is 11.8. The molecule has 2 N–H and O–H groups in total. The van der Waals surface area contributed by atoms with Crippen LogP contribution in [0.1, 0.15) is 71.1 Å². The van der Waals surface area contributed by atoms with Crippen LogP contribution in [0.2, 0.25) is 0 Å². The Bertz CT molecular complexity index is 350. The summed E-state index contributed by atoms with van der Waals surface area (Å²) >= 11 is 0. The highest BCUT2D eigenvalue weighted by molar-refractivity contribution is 5.76. The monoisotopic (exact) mass is 267 g/mol. The van der Waals surface area contributed by atoms with E-state index in [9.17, 15) is 15.0 Å². The number of rotatable bonds is 7. The summed E-state index contributed by atoms with van der Waals surface area (Å²) in [5.41, 5.74) is -2.25. The van der Waals surface area contributed by atoms with Gasteiger partial charge in [0.05, 0.1) is 17.1 Å². The quantitative estimate of drug-likeness (QED) is 0.694. The van der Waals surface area contributed by atoms with E-state index in [1.165, 1.54) is 0 Å². The Hall–Kier alpha value is -1.08. The molecule has 0 radical (unpaired) electrons. The Morgan fingerprint density at radius 1 is 1.26 bits per heavy atom. The molecule has 0 aromatic carbocycles. The first-order valence-corrected chi connectivity index (χ1v) is 7.35. The number of hydrogen-bond donors (Lipinski definition) is 2. The van der Waals surface area contributed by atoms with Crippen molar-refractivity contribution in [3.63, 3.8) is 0 Å². The SMILES string of the molecule is CCCCCC1(O)CCCCC1(CCC#N)C(=O)O. The summed E-state index contributed by atoms with van der Waals surface area (Å²) in [4.78, 5) is 11.8. The van der Waals surface area contributed by atoms with Gasteiger partial charge in [-0.3, -0.25) is 4.79 Å². The molecular formula is C15H25NO3. The molecule has 0 bridgehead atoms. The number of aliphatic hydroxyl groups is 1. The third-order valence-electron chi connectivity index (χ3n) is 4.60. The highest BCUT2D eigenvalue weighted by Gasteiger charge is 2.56. The molecule has 0 amide bonds. The molecule has 19 heavy (non-hydrogen) atoms. The van der Waals surface area contributed by atoms with Crippen LogP contribution < -0.4 is 0 Å². The van der Waals surface area contributed by atoms with Crippen LogP contribution in [0.5, 0.6) is 0 Å². The van der Waals surface area contributed by atoms with Gasteiger partial charge in [0.15, 0.2) is 0 Å². The summed E-state index contributed by atoms with van der Waals surface area (Å²) in [5, 5.41) is 29.3. The largest absolute Gasteiger partial charge is 0.481 e. The van der Waals surface area contributed by atoms with Crippen molar-refractivity contribution in [2.24, 2.45) is 5.41 Å². The van der Waals surface area contributed by atoms with Crippen molar-refractivity contribution >= 4 is 5.97 Å². The highest BCUT2D eigenvalue weighted by atomic mass is 16.4. The van der Waals surface area contributed by atoms with Gasteiger partial charge in [0, 0.05) is 6.42 Å². The highest BCUT2D eigenvalue weighted by Crippen LogP contribution is 2.50. The fourth-order valence-corrected chi connectivity index (χ4v) is 3.39. The number of carboxylic acid groups (broad SMARTS) is 1. The van der Waals surface area contributed by atoms with Crippen LogP contribution in [0, 0.1) is 16.7 Å². The molecular weight excluding hydrogens is 242 g/mol. The van der Waals surface area contributed by atoms with Crippen molar-refractivity contribution in [2.45, 2.75) is 76.7 Å². The van der Waals surface area contributed by atoms with Crippen molar-refractivity contribution in [2.75, 3.05) is 0 Å². The molecule has 4 heteroatoms. The maximum Gasteiger partial charge on any atom is 0.312 e. The van der Waals surface area contributed by atoms with E-state index < -0.39 is 17.0 Å². The third-order valence-corrected chi connectivity index (χ3v) is 4.60. The second-order valence-corrected chi connectivity index (χ2v) is 5.74. The first kappa shape index (κ1) is 16.0. The lowest BCUT2D eigenvalue weighted by Crippen LogP contribution is -2.55. The van der Waals surface area contributed by atoms with Gasteiger partial charge < -0.3 is 10.2 Å². The summed E-state index contributed by atoms with van der Waals surface area (Å²) in [7, 11) is 0. The van der Waals surface area contributed by atoms with Crippen LogP contribution in [0.4, 0.5) is 0 Å². The van der Waals surface area contributed by atoms with Gasteiger partial charge in [0.2, 0.25) is 0 Å². The zero-order valence-electron chi connectivity index (χ0n) is 11.8. The zero-order chi connectivity index (χ0) is 14.4. The van der Waals surface area contributed by atoms with Gasteiger partial charge in [0.1, 0.15) is 0 Å². The number of hydrogen-bond acceptors (Lipinski definition) is 3. The average molecular weight is 267 g/mol. The second kappa shape index (κ2) is 6.91. The first-order chi connectivity index (χ1) is 9.02. The second-order valence-electron chi connectivity index (χ2n) is 5.74. The summed E-state index contributed by atoms with van der Waals surface area (Å²) < 4.78 is 0. The van der Waals surface area contributed by atoms with Gasteiger partial charge in [-0.05, 0) is 25.7 Å². The van der Waals surface area contributed by atoms with Gasteiger partial charge in [-0.25, -0.2) is 0 Å². The van der Waals surface area contributed by atoms with Gasteiger partial charge >= 0.3 is 5.97 Å².